The van der Waals surface area contributed by atoms with E-state index in [4.69, 9.17) is 0 Å². The van der Waals surface area contributed by atoms with Crippen LogP contribution in [0.2, 0.25) is 0 Å². The Labute approximate surface area is 141 Å². The zero-order valence-electron chi connectivity index (χ0n) is 13.3. The van der Waals surface area contributed by atoms with Crippen LogP contribution in [0.4, 0.5) is 0 Å². The Kier molecular flexibility index (Phi) is 8.82. The number of hydrogen-bond acceptors (Lipinski definition) is 2. The number of rotatable bonds is 9. The van der Waals surface area contributed by atoms with Crippen LogP contribution in [0.1, 0.15) is 56.3 Å². The number of amides is 2. The second-order valence-corrected chi connectivity index (χ2v) is 6.39. The van der Waals surface area contributed by atoms with E-state index < -0.39 is 0 Å². The number of benzene rings is 1. The Bertz CT molecular complexity index is 474. The first kappa shape index (κ1) is 18.7. The molecule has 1 rings (SSSR count). The van der Waals surface area contributed by atoms with Crippen molar-refractivity contribution in [3.05, 3.63) is 34.3 Å². The lowest BCUT2D eigenvalue weighted by atomic mass is 10.1. The molecule has 0 radical (unpaired) electrons. The largest absolute Gasteiger partial charge is 0.354 e. The van der Waals surface area contributed by atoms with E-state index in [0.717, 1.165) is 17.3 Å². The van der Waals surface area contributed by atoms with Gasteiger partial charge in [0.2, 0.25) is 5.91 Å². The minimum atomic E-state index is -0.156. The fraction of sp³-hybridized carbons (Fsp3) is 0.529. The minimum absolute atomic E-state index is 0.0138. The zero-order chi connectivity index (χ0) is 16.4. The van der Waals surface area contributed by atoms with Crippen molar-refractivity contribution in [2.24, 2.45) is 0 Å². The monoisotopic (exact) mass is 368 g/mol. The fourth-order valence-corrected chi connectivity index (χ4v) is 2.38. The molecule has 0 heterocycles. The highest BCUT2D eigenvalue weighted by molar-refractivity contribution is 9.10. The van der Waals surface area contributed by atoms with E-state index in [-0.39, 0.29) is 17.9 Å². The van der Waals surface area contributed by atoms with Crippen LogP contribution in [-0.4, -0.2) is 24.4 Å². The van der Waals surface area contributed by atoms with E-state index in [9.17, 15) is 9.59 Å². The average Bonchev–Trinajstić information content (AvgIpc) is 2.48. The molecule has 0 bridgehead atoms. The highest BCUT2D eigenvalue weighted by atomic mass is 79.9. The molecule has 0 spiro atoms. The van der Waals surface area contributed by atoms with Crippen LogP contribution in [0.15, 0.2) is 28.7 Å². The molecule has 1 aromatic carbocycles. The standard InChI is InChI=1S/C17H25BrN2O2/c1-3-4-5-6-13(2)20-16(21)11-12-19-17(22)14-7-9-15(18)10-8-14/h7-10,13H,3-6,11-12H2,1-2H3,(H,19,22)(H,20,21). The number of carbonyl (C=O) groups excluding carboxylic acids is 2. The number of nitrogens with one attached hydrogen (secondary N) is 2. The molecule has 0 aliphatic rings. The lowest BCUT2D eigenvalue weighted by Crippen LogP contribution is -2.35. The van der Waals surface area contributed by atoms with Crippen LogP contribution < -0.4 is 10.6 Å². The molecule has 0 fully saturated rings. The van der Waals surface area contributed by atoms with E-state index in [0.29, 0.717) is 18.5 Å². The van der Waals surface area contributed by atoms with Gasteiger partial charge in [-0.3, -0.25) is 9.59 Å². The summed E-state index contributed by atoms with van der Waals surface area (Å²) in [4.78, 5) is 23.7. The molecule has 2 amide bonds. The molecule has 0 aliphatic carbocycles. The van der Waals surface area contributed by atoms with Gasteiger partial charge >= 0.3 is 0 Å². The average molecular weight is 369 g/mol. The third kappa shape index (κ3) is 7.59. The van der Waals surface area contributed by atoms with Gasteiger partial charge < -0.3 is 10.6 Å². The quantitative estimate of drug-likeness (QED) is 0.653. The van der Waals surface area contributed by atoms with Gasteiger partial charge in [-0.15, -0.1) is 0 Å². The number of halogens is 1. The van der Waals surface area contributed by atoms with Gasteiger partial charge in [0.15, 0.2) is 0 Å². The maximum Gasteiger partial charge on any atom is 0.251 e. The lowest BCUT2D eigenvalue weighted by molar-refractivity contribution is -0.121. The van der Waals surface area contributed by atoms with Crippen molar-refractivity contribution in [3.63, 3.8) is 0 Å². The molecule has 1 atom stereocenters. The van der Waals surface area contributed by atoms with Gasteiger partial charge in [0, 0.05) is 29.0 Å². The van der Waals surface area contributed by atoms with Gasteiger partial charge in [-0.05, 0) is 37.6 Å². The Morgan fingerprint density at radius 2 is 1.86 bits per heavy atom. The summed E-state index contributed by atoms with van der Waals surface area (Å²) in [5.74, 6) is -0.170. The molecular formula is C17H25BrN2O2. The predicted octanol–water partition coefficient (Wildman–Crippen LogP) is 3.65. The van der Waals surface area contributed by atoms with Gasteiger partial charge in [0.25, 0.3) is 5.91 Å². The minimum Gasteiger partial charge on any atom is -0.354 e. The van der Waals surface area contributed by atoms with E-state index in [2.05, 4.69) is 33.5 Å². The van der Waals surface area contributed by atoms with Gasteiger partial charge in [0.05, 0.1) is 0 Å². The van der Waals surface area contributed by atoms with Gasteiger partial charge in [0.1, 0.15) is 0 Å². The first-order valence-electron chi connectivity index (χ1n) is 7.86. The number of unbranched alkanes of at least 4 members (excludes halogenated alkanes) is 2. The molecule has 4 nitrogen and oxygen atoms in total. The predicted molar refractivity (Wildman–Crippen MR) is 92.8 cm³/mol. The Balaban J connectivity index is 2.21. The summed E-state index contributed by atoms with van der Waals surface area (Å²) >= 11 is 3.33. The van der Waals surface area contributed by atoms with Gasteiger partial charge in [-0.25, -0.2) is 0 Å². The number of hydrogen-bond donors (Lipinski definition) is 2. The Morgan fingerprint density at radius 3 is 2.50 bits per heavy atom. The van der Waals surface area contributed by atoms with Crippen molar-refractivity contribution in [2.75, 3.05) is 6.54 Å². The second kappa shape index (κ2) is 10.4. The van der Waals surface area contributed by atoms with E-state index in [1.807, 2.05) is 19.1 Å². The van der Waals surface area contributed by atoms with Crippen molar-refractivity contribution in [3.8, 4) is 0 Å². The lowest BCUT2D eigenvalue weighted by Gasteiger charge is -2.13. The molecule has 5 heteroatoms. The van der Waals surface area contributed by atoms with Crippen molar-refractivity contribution in [2.45, 2.75) is 52.0 Å². The fourth-order valence-electron chi connectivity index (χ4n) is 2.11. The van der Waals surface area contributed by atoms with Crippen molar-refractivity contribution >= 4 is 27.7 Å². The smallest absolute Gasteiger partial charge is 0.251 e. The van der Waals surface area contributed by atoms with E-state index in [1.165, 1.54) is 12.8 Å². The first-order chi connectivity index (χ1) is 10.5. The number of carbonyl (C=O) groups is 2. The molecule has 1 aromatic rings. The molecule has 0 saturated heterocycles. The summed E-state index contributed by atoms with van der Waals surface area (Å²) in [6, 6.07) is 7.32. The summed E-state index contributed by atoms with van der Waals surface area (Å²) < 4.78 is 0.931. The van der Waals surface area contributed by atoms with Gasteiger partial charge in [-0.1, -0.05) is 42.1 Å². The molecule has 0 aromatic heterocycles. The van der Waals surface area contributed by atoms with Crippen LogP contribution in [0.25, 0.3) is 0 Å². The zero-order valence-corrected chi connectivity index (χ0v) is 14.9. The van der Waals surface area contributed by atoms with Crippen LogP contribution in [0.5, 0.6) is 0 Å². The van der Waals surface area contributed by atoms with Crippen LogP contribution in [0, 0.1) is 0 Å². The highest BCUT2D eigenvalue weighted by Crippen LogP contribution is 2.10. The third-order valence-corrected chi connectivity index (χ3v) is 3.92. The van der Waals surface area contributed by atoms with E-state index in [1.54, 1.807) is 12.1 Å². The maximum absolute atomic E-state index is 11.9. The molecule has 22 heavy (non-hydrogen) atoms. The maximum atomic E-state index is 11.9. The van der Waals surface area contributed by atoms with Crippen LogP contribution >= 0.6 is 15.9 Å². The van der Waals surface area contributed by atoms with Gasteiger partial charge in [-0.2, -0.15) is 0 Å². The van der Waals surface area contributed by atoms with Crippen molar-refractivity contribution in [1.82, 2.24) is 10.6 Å². The molecular weight excluding hydrogens is 344 g/mol. The summed E-state index contributed by atoms with van der Waals surface area (Å²) in [7, 11) is 0. The first-order valence-corrected chi connectivity index (χ1v) is 8.65. The van der Waals surface area contributed by atoms with Crippen molar-refractivity contribution in [1.29, 1.82) is 0 Å². The molecule has 0 saturated carbocycles. The molecule has 0 aliphatic heterocycles. The van der Waals surface area contributed by atoms with Crippen LogP contribution in [-0.2, 0) is 4.79 Å². The second-order valence-electron chi connectivity index (χ2n) is 5.48. The van der Waals surface area contributed by atoms with Crippen molar-refractivity contribution < 1.29 is 9.59 Å². The summed E-state index contributed by atoms with van der Waals surface area (Å²) in [5.41, 5.74) is 0.594. The highest BCUT2D eigenvalue weighted by Gasteiger charge is 2.09. The molecule has 2 N–H and O–H groups in total. The Morgan fingerprint density at radius 1 is 1.18 bits per heavy atom. The summed E-state index contributed by atoms with van der Waals surface area (Å²) in [6.45, 7) is 4.54. The SMILES string of the molecule is CCCCCC(C)NC(=O)CCNC(=O)c1ccc(Br)cc1. The third-order valence-electron chi connectivity index (χ3n) is 3.39. The summed E-state index contributed by atoms with van der Waals surface area (Å²) in [6.07, 6.45) is 4.83. The normalized spacial score (nSPS) is 11.8. The van der Waals surface area contributed by atoms with E-state index >= 15 is 0 Å². The van der Waals surface area contributed by atoms with Crippen LogP contribution in [0.3, 0.4) is 0 Å². The molecule has 1 unspecified atom stereocenters. The molecule has 122 valence electrons. The Hall–Kier alpha value is -1.36. The summed E-state index contributed by atoms with van der Waals surface area (Å²) in [5, 5.41) is 5.72. The topological polar surface area (TPSA) is 58.2 Å².